The van der Waals surface area contributed by atoms with Crippen LogP contribution in [0, 0.1) is 0 Å². The van der Waals surface area contributed by atoms with Crippen LogP contribution in [0.1, 0.15) is 44.6 Å². The number of amides is 2. The van der Waals surface area contributed by atoms with Crippen LogP contribution in [0.15, 0.2) is 24.3 Å². The van der Waals surface area contributed by atoms with Crippen molar-refractivity contribution in [2.75, 3.05) is 39.3 Å². The normalized spacial score (nSPS) is 23.1. The summed E-state index contributed by atoms with van der Waals surface area (Å²) in [4.78, 5) is 31.1. The van der Waals surface area contributed by atoms with Gasteiger partial charge in [-0.15, -0.1) is 0 Å². The number of β-amino-alcohol motifs (C(OH)–C–C–N with tert-alkyl or cyclic N) is 1. The van der Waals surface area contributed by atoms with Crippen molar-refractivity contribution in [2.45, 2.75) is 51.2 Å². The number of carbonyl (C=O) groups excluding carboxylic acids is 2. The van der Waals surface area contributed by atoms with E-state index in [0.717, 1.165) is 44.3 Å². The lowest BCUT2D eigenvalue weighted by Gasteiger charge is -2.36. The van der Waals surface area contributed by atoms with E-state index < -0.39 is 0 Å². The van der Waals surface area contributed by atoms with Gasteiger partial charge in [0.1, 0.15) is 0 Å². The number of hydrogen-bond acceptors (Lipinski definition) is 4. The van der Waals surface area contributed by atoms with Gasteiger partial charge >= 0.3 is 0 Å². The average Bonchev–Trinajstić information content (AvgIpc) is 2.95. The zero-order valence-electron chi connectivity index (χ0n) is 18.7. The van der Waals surface area contributed by atoms with Gasteiger partial charge in [0.25, 0.3) is 0 Å². The molecular weight excluding hydrogens is 449 g/mol. The summed E-state index contributed by atoms with van der Waals surface area (Å²) in [7, 11) is 0. The van der Waals surface area contributed by atoms with Crippen LogP contribution in [0.25, 0.3) is 6.08 Å². The Morgan fingerprint density at radius 2 is 1.91 bits per heavy atom. The smallest absolute Gasteiger partial charge is 0.246 e. The van der Waals surface area contributed by atoms with Gasteiger partial charge in [-0.2, -0.15) is 0 Å². The number of nitrogens with zero attached hydrogens (tertiary/aromatic N) is 3. The Bertz CT molecular complexity index is 833. The van der Waals surface area contributed by atoms with Crippen LogP contribution in [0.4, 0.5) is 0 Å². The molecule has 0 radical (unpaired) electrons. The van der Waals surface area contributed by atoms with Crippen molar-refractivity contribution in [1.82, 2.24) is 14.7 Å². The third kappa shape index (κ3) is 7.20. The van der Waals surface area contributed by atoms with Crippen molar-refractivity contribution in [2.24, 2.45) is 0 Å². The first kappa shape index (κ1) is 25.0. The molecule has 1 aromatic carbocycles. The Hall–Kier alpha value is -1.60. The van der Waals surface area contributed by atoms with E-state index in [0.29, 0.717) is 48.7 Å². The van der Waals surface area contributed by atoms with E-state index in [4.69, 9.17) is 23.2 Å². The molecule has 32 heavy (non-hydrogen) atoms. The van der Waals surface area contributed by atoms with Crippen LogP contribution >= 0.6 is 23.2 Å². The number of likely N-dealkylation sites (tertiary alicyclic amines) is 1. The lowest BCUT2D eigenvalue weighted by atomic mass is 10.0. The summed E-state index contributed by atoms with van der Waals surface area (Å²) in [5, 5.41) is 10.8. The molecule has 2 saturated heterocycles. The third-order valence-electron chi connectivity index (χ3n) is 6.37. The highest BCUT2D eigenvalue weighted by Crippen LogP contribution is 2.23. The predicted octanol–water partition coefficient (Wildman–Crippen LogP) is 3.69. The SMILES string of the molecule is CC1CCC(O)CN1CCCCN1CCN(C(=O)/C=C/c2ccc(Cl)c(Cl)c2)CCC1=O. The first-order valence-corrected chi connectivity index (χ1v) is 12.2. The van der Waals surface area contributed by atoms with E-state index in [1.165, 1.54) is 6.08 Å². The molecule has 3 rings (SSSR count). The van der Waals surface area contributed by atoms with Gasteiger partial charge in [-0.3, -0.25) is 14.5 Å². The number of carbonyl (C=O) groups is 2. The van der Waals surface area contributed by atoms with Gasteiger partial charge in [-0.1, -0.05) is 29.3 Å². The van der Waals surface area contributed by atoms with Gasteiger partial charge in [0.15, 0.2) is 0 Å². The number of hydrogen-bond donors (Lipinski definition) is 1. The number of halogens is 2. The lowest BCUT2D eigenvalue weighted by Crippen LogP contribution is -2.44. The van der Waals surface area contributed by atoms with Crippen molar-refractivity contribution in [3.8, 4) is 0 Å². The quantitative estimate of drug-likeness (QED) is 0.476. The molecule has 1 aromatic rings. The average molecular weight is 482 g/mol. The molecule has 0 bridgehead atoms. The minimum Gasteiger partial charge on any atom is -0.392 e. The molecule has 0 aliphatic carbocycles. The molecule has 0 spiro atoms. The van der Waals surface area contributed by atoms with E-state index >= 15 is 0 Å². The van der Waals surface area contributed by atoms with Gasteiger partial charge < -0.3 is 14.9 Å². The zero-order valence-corrected chi connectivity index (χ0v) is 20.2. The summed E-state index contributed by atoms with van der Waals surface area (Å²) >= 11 is 12.0. The van der Waals surface area contributed by atoms with Crippen molar-refractivity contribution >= 4 is 41.1 Å². The Balaban J connectivity index is 1.43. The first-order valence-electron chi connectivity index (χ1n) is 11.5. The van der Waals surface area contributed by atoms with Crippen molar-refractivity contribution in [3.63, 3.8) is 0 Å². The van der Waals surface area contributed by atoms with Crippen LogP contribution in [-0.4, -0.2) is 83.0 Å². The highest BCUT2D eigenvalue weighted by molar-refractivity contribution is 6.42. The maximum absolute atomic E-state index is 12.6. The standard InChI is InChI=1S/C24H33Cl2N3O3/c1-18-4-7-20(30)17-29(18)12-3-2-11-27-14-15-28(13-10-24(27)32)23(31)9-6-19-5-8-21(25)22(26)16-19/h5-6,8-9,16,18,20,30H,2-4,7,10-15,17H2,1H3/b9-6+. The van der Waals surface area contributed by atoms with Crippen LogP contribution in [0.2, 0.25) is 10.0 Å². The van der Waals surface area contributed by atoms with Gasteiger partial charge in [-0.05, 0) is 62.9 Å². The van der Waals surface area contributed by atoms with Crippen LogP contribution in [-0.2, 0) is 9.59 Å². The number of piperidine rings is 1. The molecule has 2 fully saturated rings. The number of unbranched alkanes of at least 4 members (excludes halogenated alkanes) is 1. The zero-order chi connectivity index (χ0) is 23.1. The largest absolute Gasteiger partial charge is 0.392 e. The van der Waals surface area contributed by atoms with Crippen LogP contribution < -0.4 is 0 Å². The maximum Gasteiger partial charge on any atom is 0.246 e. The first-order chi connectivity index (χ1) is 15.3. The summed E-state index contributed by atoms with van der Waals surface area (Å²) in [6, 6.07) is 5.73. The second-order valence-corrected chi connectivity index (χ2v) is 9.56. The summed E-state index contributed by atoms with van der Waals surface area (Å²) in [6.07, 6.45) is 7.22. The molecule has 2 atom stereocenters. The monoisotopic (exact) mass is 481 g/mol. The second-order valence-electron chi connectivity index (χ2n) is 8.75. The predicted molar refractivity (Wildman–Crippen MR) is 129 cm³/mol. The molecule has 6 nitrogen and oxygen atoms in total. The highest BCUT2D eigenvalue weighted by atomic mass is 35.5. The molecule has 0 saturated carbocycles. The van der Waals surface area contributed by atoms with Gasteiger partial charge in [-0.25, -0.2) is 0 Å². The van der Waals surface area contributed by atoms with E-state index in [1.807, 2.05) is 4.90 Å². The number of benzene rings is 1. The maximum atomic E-state index is 12.6. The van der Waals surface area contributed by atoms with E-state index in [1.54, 1.807) is 29.2 Å². The molecule has 2 aliphatic rings. The van der Waals surface area contributed by atoms with Crippen LogP contribution in [0.3, 0.4) is 0 Å². The summed E-state index contributed by atoms with van der Waals surface area (Å²) in [5.74, 6) is -0.00103. The van der Waals surface area contributed by atoms with Gasteiger partial charge in [0, 0.05) is 51.3 Å². The topological polar surface area (TPSA) is 64.1 Å². The molecule has 2 unspecified atom stereocenters. The fourth-order valence-corrected chi connectivity index (χ4v) is 4.61. The number of aliphatic hydroxyl groups excluding tert-OH is 1. The van der Waals surface area contributed by atoms with Crippen molar-refractivity contribution in [3.05, 3.63) is 39.9 Å². The van der Waals surface area contributed by atoms with Gasteiger partial charge in [0.2, 0.25) is 11.8 Å². The van der Waals surface area contributed by atoms with Crippen molar-refractivity contribution < 1.29 is 14.7 Å². The molecule has 0 aromatic heterocycles. The molecule has 2 heterocycles. The molecule has 2 aliphatic heterocycles. The Labute approximate surface area is 200 Å². The highest BCUT2D eigenvalue weighted by Gasteiger charge is 2.24. The van der Waals surface area contributed by atoms with E-state index in [2.05, 4.69) is 11.8 Å². The molecule has 1 N–H and O–H groups in total. The second kappa shape index (κ2) is 12.0. The number of aliphatic hydroxyl groups is 1. The molecule has 2 amide bonds. The Morgan fingerprint density at radius 3 is 2.69 bits per heavy atom. The van der Waals surface area contributed by atoms with Crippen LogP contribution in [0.5, 0.6) is 0 Å². The number of rotatable bonds is 7. The van der Waals surface area contributed by atoms with E-state index in [9.17, 15) is 14.7 Å². The molecule has 8 heteroatoms. The summed E-state index contributed by atoms with van der Waals surface area (Å²) < 4.78 is 0. The summed E-state index contributed by atoms with van der Waals surface area (Å²) in [5.41, 5.74) is 0.802. The molecule has 176 valence electrons. The van der Waals surface area contributed by atoms with Gasteiger partial charge in [0.05, 0.1) is 16.1 Å². The summed E-state index contributed by atoms with van der Waals surface area (Å²) in [6.45, 7) is 6.15. The minimum absolute atomic E-state index is 0.107. The van der Waals surface area contributed by atoms with E-state index in [-0.39, 0.29) is 17.9 Å². The minimum atomic E-state index is -0.215. The fourth-order valence-electron chi connectivity index (χ4n) is 4.30. The lowest BCUT2D eigenvalue weighted by molar-refractivity contribution is -0.130. The van der Waals surface area contributed by atoms with Crippen molar-refractivity contribution in [1.29, 1.82) is 0 Å². The third-order valence-corrected chi connectivity index (χ3v) is 7.11. The Morgan fingerprint density at radius 1 is 1.12 bits per heavy atom. The Kier molecular flexibility index (Phi) is 9.41. The fraction of sp³-hybridized carbons (Fsp3) is 0.583. The molecular formula is C24H33Cl2N3O3.